The van der Waals surface area contributed by atoms with E-state index in [-0.39, 0.29) is 28.7 Å². The van der Waals surface area contributed by atoms with Gasteiger partial charge >= 0.3 is 0 Å². The van der Waals surface area contributed by atoms with Crippen LogP contribution in [-0.4, -0.2) is 37.9 Å². The van der Waals surface area contributed by atoms with E-state index >= 15 is 0 Å². The van der Waals surface area contributed by atoms with Gasteiger partial charge in [0.05, 0.1) is 30.1 Å². The number of aryl methyl sites for hydroxylation is 1. The largest absolute Gasteiger partial charge is 0.380 e. The van der Waals surface area contributed by atoms with Gasteiger partial charge in [-0.3, -0.25) is 4.79 Å². The molecule has 0 aliphatic carbocycles. The maximum Gasteiger partial charge on any atom is 0.266 e. The number of ether oxygens (including phenoxy) is 1. The van der Waals surface area contributed by atoms with Gasteiger partial charge in [0.25, 0.3) is 10.0 Å². The number of sulfonamides is 1. The van der Waals surface area contributed by atoms with Crippen molar-refractivity contribution in [2.45, 2.75) is 37.6 Å². The van der Waals surface area contributed by atoms with Crippen molar-refractivity contribution in [1.82, 2.24) is 4.31 Å². The van der Waals surface area contributed by atoms with Crippen molar-refractivity contribution in [1.29, 1.82) is 0 Å². The van der Waals surface area contributed by atoms with Crippen molar-refractivity contribution in [3.05, 3.63) is 29.8 Å². The maximum absolute atomic E-state index is 12.9. The smallest absolute Gasteiger partial charge is 0.266 e. The molecule has 0 N–H and O–H groups in total. The molecule has 2 aliphatic heterocycles. The predicted molar refractivity (Wildman–Crippen MR) is 81.7 cm³/mol. The molecule has 0 saturated carbocycles. The summed E-state index contributed by atoms with van der Waals surface area (Å²) in [6, 6.07) is 6.38. The highest BCUT2D eigenvalue weighted by atomic mass is 32.2. The Kier molecular flexibility index (Phi) is 3.99. The molecule has 22 heavy (non-hydrogen) atoms. The zero-order chi connectivity index (χ0) is 15.9. The Balaban J connectivity index is 2.00. The predicted octanol–water partition coefficient (Wildman–Crippen LogP) is 1.96. The number of hydrogen-bond donors (Lipinski definition) is 0. The highest BCUT2D eigenvalue weighted by molar-refractivity contribution is 7.89. The van der Waals surface area contributed by atoms with Crippen molar-refractivity contribution in [2.24, 2.45) is 11.8 Å². The van der Waals surface area contributed by atoms with Gasteiger partial charge in [0.2, 0.25) is 5.91 Å². The zero-order valence-electron chi connectivity index (χ0n) is 12.9. The summed E-state index contributed by atoms with van der Waals surface area (Å²) < 4.78 is 32.4. The van der Waals surface area contributed by atoms with E-state index in [4.69, 9.17) is 4.74 Å². The Morgan fingerprint density at radius 3 is 2.55 bits per heavy atom. The molecule has 0 radical (unpaired) electrons. The van der Waals surface area contributed by atoms with E-state index in [1.54, 1.807) is 24.3 Å². The summed E-state index contributed by atoms with van der Waals surface area (Å²) in [6.07, 6.45) is 1.52. The number of rotatable bonds is 4. The van der Waals surface area contributed by atoms with Gasteiger partial charge in [0.15, 0.2) is 0 Å². The molecule has 6 heteroatoms. The van der Waals surface area contributed by atoms with E-state index in [2.05, 4.69) is 0 Å². The molecule has 0 bridgehead atoms. The Hall–Kier alpha value is -1.40. The lowest BCUT2D eigenvalue weighted by Crippen LogP contribution is -2.41. The molecule has 3 rings (SSSR count). The minimum atomic E-state index is -3.79. The van der Waals surface area contributed by atoms with Gasteiger partial charge < -0.3 is 4.74 Å². The monoisotopic (exact) mass is 323 g/mol. The van der Waals surface area contributed by atoms with Crippen LogP contribution in [0.2, 0.25) is 0 Å². The third-order valence-corrected chi connectivity index (χ3v) is 6.45. The number of carbonyl (C=O) groups excluding carboxylic acids is 1. The SMILES string of the molecule is CCC[C@H]1[C@H]2COC[C@H]2C(=O)N1S(=O)(=O)c1ccc(C)cc1. The Morgan fingerprint density at radius 2 is 1.91 bits per heavy atom. The molecule has 2 saturated heterocycles. The molecule has 120 valence electrons. The van der Waals surface area contributed by atoms with E-state index in [0.717, 1.165) is 16.3 Å². The highest BCUT2D eigenvalue weighted by Gasteiger charge is 2.54. The first-order valence-corrected chi connectivity index (χ1v) is 9.13. The molecular weight excluding hydrogens is 302 g/mol. The van der Waals surface area contributed by atoms with Gasteiger partial charge in [-0.2, -0.15) is 0 Å². The number of amides is 1. The Bertz CT molecular complexity index is 668. The van der Waals surface area contributed by atoms with Crippen molar-refractivity contribution in [2.75, 3.05) is 13.2 Å². The van der Waals surface area contributed by atoms with Crippen molar-refractivity contribution in [3.63, 3.8) is 0 Å². The lowest BCUT2D eigenvalue weighted by atomic mass is 9.91. The number of nitrogens with zero attached hydrogens (tertiary/aromatic N) is 1. The van der Waals surface area contributed by atoms with Gasteiger partial charge in [-0.05, 0) is 25.5 Å². The van der Waals surface area contributed by atoms with Crippen LogP contribution in [0.15, 0.2) is 29.2 Å². The van der Waals surface area contributed by atoms with E-state index in [1.807, 2.05) is 13.8 Å². The fraction of sp³-hybridized carbons (Fsp3) is 0.562. The van der Waals surface area contributed by atoms with E-state index < -0.39 is 10.0 Å². The molecule has 1 aromatic carbocycles. The molecule has 0 aromatic heterocycles. The van der Waals surface area contributed by atoms with Crippen molar-refractivity contribution < 1.29 is 17.9 Å². The van der Waals surface area contributed by atoms with Crippen LogP contribution in [0, 0.1) is 18.8 Å². The second kappa shape index (κ2) is 5.66. The van der Waals surface area contributed by atoms with Gasteiger partial charge in [-0.1, -0.05) is 31.0 Å². The van der Waals surface area contributed by atoms with Gasteiger partial charge in [0.1, 0.15) is 0 Å². The summed E-state index contributed by atoms with van der Waals surface area (Å²) in [5.74, 6) is -0.619. The molecule has 3 atom stereocenters. The highest BCUT2D eigenvalue weighted by Crippen LogP contribution is 2.41. The third-order valence-electron chi connectivity index (χ3n) is 4.62. The number of carbonyl (C=O) groups is 1. The maximum atomic E-state index is 12.9. The second-order valence-electron chi connectivity index (χ2n) is 6.12. The van der Waals surface area contributed by atoms with Gasteiger partial charge in [0, 0.05) is 5.92 Å². The number of fused-ring (bicyclic) bond motifs is 1. The molecule has 5 nitrogen and oxygen atoms in total. The number of hydrogen-bond acceptors (Lipinski definition) is 4. The van der Waals surface area contributed by atoms with Gasteiger partial charge in [-0.15, -0.1) is 0 Å². The van der Waals surface area contributed by atoms with Crippen LogP contribution >= 0.6 is 0 Å². The van der Waals surface area contributed by atoms with Gasteiger partial charge in [-0.25, -0.2) is 12.7 Å². The standard InChI is InChI=1S/C16H21NO4S/c1-3-4-15-13-9-21-10-14(13)16(18)17(15)22(19,20)12-7-5-11(2)6-8-12/h5-8,13-15H,3-4,9-10H2,1-2H3/t13-,14+,15-/m0/s1. The zero-order valence-corrected chi connectivity index (χ0v) is 13.7. The van der Waals surface area contributed by atoms with Crippen LogP contribution in [-0.2, 0) is 19.6 Å². The summed E-state index contributed by atoms with van der Waals surface area (Å²) in [7, 11) is -3.79. The van der Waals surface area contributed by atoms with E-state index in [1.165, 1.54) is 0 Å². The van der Waals surface area contributed by atoms with E-state index in [0.29, 0.717) is 19.6 Å². The minimum absolute atomic E-state index is 0.00678. The van der Waals surface area contributed by atoms with Crippen molar-refractivity contribution in [3.8, 4) is 0 Å². The number of benzene rings is 1. The lowest BCUT2D eigenvalue weighted by Gasteiger charge is -2.27. The summed E-state index contributed by atoms with van der Waals surface area (Å²) in [4.78, 5) is 12.8. The molecule has 0 spiro atoms. The van der Waals surface area contributed by atoms with Crippen LogP contribution in [0.3, 0.4) is 0 Å². The molecule has 0 unspecified atom stereocenters. The lowest BCUT2D eigenvalue weighted by molar-refractivity contribution is -0.128. The summed E-state index contributed by atoms with van der Waals surface area (Å²) >= 11 is 0. The molecule has 1 amide bonds. The first kappa shape index (κ1) is 15.5. The molecule has 2 fully saturated rings. The quantitative estimate of drug-likeness (QED) is 0.850. The normalized spacial score (nSPS) is 28.2. The van der Waals surface area contributed by atoms with Crippen LogP contribution < -0.4 is 0 Å². The summed E-state index contributed by atoms with van der Waals surface area (Å²) in [5, 5.41) is 0. The first-order valence-electron chi connectivity index (χ1n) is 7.69. The molecule has 1 aromatic rings. The Morgan fingerprint density at radius 1 is 1.23 bits per heavy atom. The minimum Gasteiger partial charge on any atom is -0.380 e. The van der Waals surface area contributed by atoms with Crippen LogP contribution in [0.25, 0.3) is 0 Å². The second-order valence-corrected chi connectivity index (χ2v) is 7.93. The van der Waals surface area contributed by atoms with E-state index in [9.17, 15) is 13.2 Å². The molecule has 2 aliphatic rings. The average molecular weight is 323 g/mol. The summed E-state index contributed by atoms with van der Waals surface area (Å²) in [6.45, 7) is 4.72. The molecular formula is C16H21NO4S. The Labute approximate surface area is 131 Å². The van der Waals surface area contributed by atoms with Crippen LogP contribution in [0.5, 0.6) is 0 Å². The molecule has 2 heterocycles. The third kappa shape index (κ3) is 2.34. The topological polar surface area (TPSA) is 63.7 Å². The summed E-state index contributed by atoms with van der Waals surface area (Å²) in [5.41, 5.74) is 0.988. The first-order chi connectivity index (χ1) is 10.5. The van der Waals surface area contributed by atoms with Crippen molar-refractivity contribution >= 4 is 15.9 Å². The average Bonchev–Trinajstić information content (AvgIpc) is 3.04. The fourth-order valence-corrected chi connectivity index (χ4v) is 5.15. The van der Waals surface area contributed by atoms with Crippen LogP contribution in [0.4, 0.5) is 0 Å². The van der Waals surface area contributed by atoms with Crippen LogP contribution in [0.1, 0.15) is 25.3 Å². The fourth-order valence-electron chi connectivity index (χ4n) is 3.45.